The highest BCUT2D eigenvalue weighted by Crippen LogP contribution is 2.08. The average molecular weight is 325 g/mol. The van der Waals surface area contributed by atoms with Gasteiger partial charge in [-0.05, 0) is 31.8 Å². The van der Waals surface area contributed by atoms with Gasteiger partial charge in [-0.2, -0.15) is 0 Å². The highest BCUT2D eigenvalue weighted by molar-refractivity contribution is 5.89. The molecule has 3 nitrogen and oxygen atoms in total. The van der Waals surface area contributed by atoms with Crippen molar-refractivity contribution >= 4 is 11.8 Å². The third kappa shape index (κ3) is 18.6. The summed E-state index contributed by atoms with van der Waals surface area (Å²) in [5.74, 6) is 0.0656. The summed E-state index contributed by atoms with van der Waals surface area (Å²) in [6.45, 7) is 2.20. The van der Waals surface area contributed by atoms with E-state index in [0.717, 1.165) is 38.5 Å². The molecule has 3 heteroatoms. The van der Waals surface area contributed by atoms with E-state index >= 15 is 0 Å². The fraction of sp³-hybridized carbons (Fsp3) is 0.700. The van der Waals surface area contributed by atoms with E-state index in [0.29, 0.717) is 12.8 Å². The Bertz CT molecular complexity index is 343. The Morgan fingerprint density at radius 2 is 1.52 bits per heavy atom. The number of esters is 1. The van der Waals surface area contributed by atoms with E-state index in [1.807, 2.05) is 12.2 Å². The maximum Gasteiger partial charge on any atom is 0.305 e. The fourth-order valence-electron chi connectivity index (χ4n) is 2.13. The van der Waals surface area contributed by atoms with Crippen LogP contribution >= 0.6 is 0 Å². The van der Waals surface area contributed by atoms with Gasteiger partial charge in [0.15, 0.2) is 5.78 Å². The first-order valence-electron chi connectivity index (χ1n) is 8.63. The maximum absolute atomic E-state index is 11.6. The summed E-state index contributed by atoms with van der Waals surface area (Å²) in [7, 11) is 1.42. The molecule has 0 aliphatic rings. The lowest BCUT2D eigenvalue weighted by atomic mass is 10.1. The lowest BCUT2D eigenvalue weighted by Gasteiger charge is -2.00. The van der Waals surface area contributed by atoms with Gasteiger partial charge in [-0.3, -0.25) is 9.59 Å². The maximum atomic E-state index is 11.6. The van der Waals surface area contributed by atoms with Gasteiger partial charge in [0.1, 0.15) is 0 Å². The molecule has 0 aromatic carbocycles. The normalized spacial score (nSPS) is 10.9. The zero-order chi connectivity index (χ0) is 16.5. The lowest BCUT2D eigenvalue weighted by molar-refractivity contribution is -0.140. The van der Waals surface area contributed by atoms with Crippen LogP contribution in [0.1, 0.15) is 85.0 Å². The molecule has 0 atom stereocenters. The minimum absolute atomic E-state index is 0. The van der Waals surface area contributed by atoms with E-state index in [1.165, 1.54) is 26.4 Å². The lowest BCUT2D eigenvalue weighted by Crippen LogP contribution is -1.99. The molecule has 0 radical (unpaired) electrons. The smallest absolute Gasteiger partial charge is 0.305 e. The van der Waals surface area contributed by atoms with Gasteiger partial charge in [0.2, 0.25) is 0 Å². The van der Waals surface area contributed by atoms with Gasteiger partial charge in [0.05, 0.1) is 7.11 Å². The van der Waals surface area contributed by atoms with Gasteiger partial charge in [-0.25, -0.2) is 0 Å². The molecular weight excluding hydrogens is 288 g/mol. The molecule has 0 saturated heterocycles. The molecule has 0 saturated carbocycles. The van der Waals surface area contributed by atoms with Crippen molar-refractivity contribution in [3.05, 3.63) is 24.3 Å². The van der Waals surface area contributed by atoms with Crippen LogP contribution in [0.2, 0.25) is 0 Å². The Balaban J connectivity index is 0. The molecule has 0 rings (SSSR count). The van der Waals surface area contributed by atoms with Crippen LogP contribution in [0.5, 0.6) is 0 Å². The second-order valence-electron chi connectivity index (χ2n) is 5.59. The summed E-state index contributed by atoms with van der Waals surface area (Å²) < 4.78 is 4.59. The first-order chi connectivity index (χ1) is 10.7. The third-order valence-electron chi connectivity index (χ3n) is 3.54. The molecule has 0 spiro atoms. The highest BCUT2D eigenvalue weighted by Gasteiger charge is 2.00. The Kier molecular flexibility index (Phi) is 19.4. The van der Waals surface area contributed by atoms with Crippen molar-refractivity contribution in [1.82, 2.24) is 0 Å². The van der Waals surface area contributed by atoms with Crippen molar-refractivity contribution in [3.8, 4) is 0 Å². The van der Waals surface area contributed by atoms with Crippen LogP contribution in [0.3, 0.4) is 0 Å². The molecule has 23 heavy (non-hydrogen) atoms. The van der Waals surface area contributed by atoms with Crippen LogP contribution in [0.4, 0.5) is 0 Å². The second kappa shape index (κ2) is 18.7. The minimum atomic E-state index is -0.136. The number of unbranched alkanes of at least 4 members (excludes halogenated alkanes) is 7. The molecule has 0 aliphatic carbocycles. The number of hydrogen-bond acceptors (Lipinski definition) is 3. The molecule has 0 N–H and O–H groups in total. The summed E-state index contributed by atoms with van der Waals surface area (Å²) in [5.41, 5.74) is 0. The number of ketones is 1. The standard InChI is InChI=1S/C19H32O3.CH4/c1-3-4-5-6-7-9-12-15-18(20)16-13-10-8-11-14-17-19(21)22-2;/h7,9,12,15H,3-6,8,10-11,13-14,16-17H2,1-2H3;1H4/b9-7+,15-12+;. The van der Waals surface area contributed by atoms with Crippen LogP contribution in [-0.4, -0.2) is 18.9 Å². The molecule has 0 aromatic rings. The van der Waals surface area contributed by atoms with E-state index in [9.17, 15) is 9.59 Å². The quantitative estimate of drug-likeness (QED) is 0.176. The van der Waals surface area contributed by atoms with Crippen molar-refractivity contribution in [3.63, 3.8) is 0 Å². The number of hydrogen-bond donors (Lipinski definition) is 0. The molecule has 0 aliphatic heterocycles. The van der Waals surface area contributed by atoms with Crippen molar-refractivity contribution < 1.29 is 14.3 Å². The first-order valence-corrected chi connectivity index (χ1v) is 8.63. The van der Waals surface area contributed by atoms with Crippen molar-refractivity contribution in [2.24, 2.45) is 0 Å². The van der Waals surface area contributed by atoms with Gasteiger partial charge in [0.25, 0.3) is 0 Å². The van der Waals surface area contributed by atoms with Gasteiger partial charge >= 0.3 is 5.97 Å². The van der Waals surface area contributed by atoms with Gasteiger partial charge in [-0.1, -0.05) is 64.7 Å². The van der Waals surface area contributed by atoms with Gasteiger partial charge < -0.3 is 4.74 Å². The minimum Gasteiger partial charge on any atom is -0.469 e. The number of ether oxygens (including phenoxy) is 1. The molecule has 0 bridgehead atoms. The molecule has 0 unspecified atom stereocenters. The summed E-state index contributed by atoms with van der Waals surface area (Å²) >= 11 is 0. The Morgan fingerprint density at radius 3 is 2.17 bits per heavy atom. The topological polar surface area (TPSA) is 43.4 Å². The van der Waals surface area contributed by atoms with E-state index in [-0.39, 0.29) is 19.2 Å². The van der Waals surface area contributed by atoms with E-state index in [4.69, 9.17) is 0 Å². The van der Waals surface area contributed by atoms with Gasteiger partial charge in [-0.15, -0.1) is 0 Å². The zero-order valence-electron chi connectivity index (χ0n) is 14.3. The van der Waals surface area contributed by atoms with Gasteiger partial charge in [0, 0.05) is 12.8 Å². The summed E-state index contributed by atoms with van der Waals surface area (Å²) in [6, 6.07) is 0. The fourth-order valence-corrected chi connectivity index (χ4v) is 2.13. The predicted octanol–water partition coefficient (Wildman–Crippen LogP) is 5.79. The molecule has 134 valence electrons. The molecule has 0 fully saturated rings. The SMILES string of the molecule is C.CCCCC/C=C/C=C/C(=O)CCCCCCCC(=O)OC. The molecular formula is C20H36O3. The number of allylic oxidation sites excluding steroid dienone is 4. The van der Waals surface area contributed by atoms with E-state index in [2.05, 4.69) is 17.7 Å². The largest absolute Gasteiger partial charge is 0.469 e. The third-order valence-corrected chi connectivity index (χ3v) is 3.54. The summed E-state index contributed by atoms with van der Waals surface area (Å²) in [6.07, 6.45) is 18.5. The number of carbonyl (C=O) groups is 2. The Morgan fingerprint density at radius 1 is 0.870 bits per heavy atom. The number of rotatable bonds is 14. The molecule has 0 aromatic heterocycles. The van der Waals surface area contributed by atoms with Crippen LogP contribution in [0, 0.1) is 0 Å². The number of carbonyl (C=O) groups excluding carboxylic acids is 2. The van der Waals surface area contributed by atoms with E-state index in [1.54, 1.807) is 6.08 Å². The monoisotopic (exact) mass is 324 g/mol. The Labute approximate surface area is 143 Å². The Hall–Kier alpha value is -1.38. The van der Waals surface area contributed by atoms with Crippen molar-refractivity contribution in [2.45, 2.75) is 85.0 Å². The highest BCUT2D eigenvalue weighted by atomic mass is 16.5. The summed E-state index contributed by atoms with van der Waals surface area (Å²) in [4.78, 5) is 22.5. The molecule has 0 heterocycles. The summed E-state index contributed by atoms with van der Waals surface area (Å²) in [5, 5.41) is 0. The average Bonchev–Trinajstić information content (AvgIpc) is 2.52. The van der Waals surface area contributed by atoms with Crippen molar-refractivity contribution in [1.29, 1.82) is 0 Å². The van der Waals surface area contributed by atoms with Crippen LogP contribution in [0.25, 0.3) is 0 Å². The zero-order valence-corrected chi connectivity index (χ0v) is 14.3. The van der Waals surface area contributed by atoms with Crippen LogP contribution < -0.4 is 0 Å². The van der Waals surface area contributed by atoms with E-state index < -0.39 is 0 Å². The number of methoxy groups -OCH3 is 1. The molecule has 0 amide bonds. The second-order valence-corrected chi connectivity index (χ2v) is 5.59. The van der Waals surface area contributed by atoms with Crippen molar-refractivity contribution in [2.75, 3.05) is 7.11 Å². The first kappa shape index (κ1) is 23.9. The van der Waals surface area contributed by atoms with Crippen LogP contribution in [-0.2, 0) is 14.3 Å². The predicted molar refractivity (Wildman–Crippen MR) is 98.5 cm³/mol. The van der Waals surface area contributed by atoms with Crippen LogP contribution in [0.15, 0.2) is 24.3 Å².